The van der Waals surface area contributed by atoms with Gasteiger partial charge < -0.3 is 14.7 Å². The largest absolute Gasteiger partial charge is 0.359 e. The molecule has 0 aliphatic carbocycles. The van der Waals surface area contributed by atoms with Crippen molar-refractivity contribution in [2.24, 2.45) is 4.99 Å². The number of nitrogens with zero attached hydrogens (tertiary/aromatic N) is 4. The van der Waals surface area contributed by atoms with Gasteiger partial charge in [0.2, 0.25) is 0 Å². The molecule has 0 saturated carbocycles. The monoisotopic (exact) mass is 369 g/mol. The van der Waals surface area contributed by atoms with E-state index >= 15 is 0 Å². The molecule has 0 atom stereocenters. The molecule has 1 fully saturated rings. The Kier molecular flexibility index (Phi) is 6.87. The van der Waals surface area contributed by atoms with Gasteiger partial charge in [-0.2, -0.15) is 0 Å². The van der Waals surface area contributed by atoms with Crippen LogP contribution in [0.15, 0.2) is 45.9 Å². The van der Waals surface area contributed by atoms with E-state index in [1.165, 1.54) is 5.56 Å². The summed E-state index contributed by atoms with van der Waals surface area (Å²) in [5.41, 5.74) is 2.36. The summed E-state index contributed by atoms with van der Waals surface area (Å²) >= 11 is 0. The Labute approximate surface area is 162 Å². The zero-order chi connectivity index (χ0) is 19.1. The van der Waals surface area contributed by atoms with Gasteiger partial charge in [0.25, 0.3) is 0 Å². The third-order valence-corrected chi connectivity index (χ3v) is 4.81. The van der Waals surface area contributed by atoms with Gasteiger partial charge in [-0.1, -0.05) is 49.3 Å². The highest BCUT2D eigenvalue weighted by Crippen LogP contribution is 2.15. The van der Waals surface area contributed by atoms with Crippen LogP contribution in [0.2, 0.25) is 0 Å². The first-order valence-corrected chi connectivity index (χ1v) is 9.90. The van der Waals surface area contributed by atoms with Crippen molar-refractivity contribution in [1.82, 2.24) is 20.3 Å². The minimum Gasteiger partial charge on any atom is -0.359 e. The molecule has 6 nitrogen and oxygen atoms in total. The molecule has 0 bridgehead atoms. The van der Waals surface area contributed by atoms with Gasteiger partial charge in [0.15, 0.2) is 11.7 Å². The summed E-state index contributed by atoms with van der Waals surface area (Å²) < 4.78 is 5.41. The van der Waals surface area contributed by atoms with Gasteiger partial charge in [-0.05, 0) is 18.4 Å². The van der Waals surface area contributed by atoms with Crippen LogP contribution < -0.4 is 5.32 Å². The number of benzene rings is 1. The van der Waals surface area contributed by atoms with Crippen LogP contribution in [0.1, 0.15) is 43.7 Å². The fourth-order valence-electron chi connectivity index (χ4n) is 3.21. The fourth-order valence-corrected chi connectivity index (χ4v) is 3.21. The average molecular weight is 370 g/mol. The second-order valence-corrected chi connectivity index (χ2v) is 7.29. The molecule has 1 aromatic heterocycles. The van der Waals surface area contributed by atoms with Gasteiger partial charge in [0.05, 0.1) is 5.69 Å². The van der Waals surface area contributed by atoms with E-state index in [0.717, 1.165) is 56.7 Å². The zero-order valence-electron chi connectivity index (χ0n) is 16.7. The summed E-state index contributed by atoms with van der Waals surface area (Å²) in [6.07, 6.45) is 0. The average Bonchev–Trinajstić information content (AvgIpc) is 3.16. The normalized spacial score (nSPS) is 16.1. The molecule has 1 aromatic carbocycles. The number of aliphatic imine (C=N–C) groups is 1. The first-order chi connectivity index (χ1) is 13.2. The molecule has 146 valence electrons. The second kappa shape index (κ2) is 9.55. The number of hydrogen-bond acceptors (Lipinski definition) is 4. The molecule has 0 unspecified atom stereocenters. The molecular formula is C21H31N5O. The van der Waals surface area contributed by atoms with E-state index in [2.05, 4.69) is 71.4 Å². The number of hydrogen-bond donors (Lipinski definition) is 1. The maximum atomic E-state index is 5.41. The predicted octanol–water partition coefficient (Wildman–Crippen LogP) is 3.08. The highest BCUT2D eigenvalue weighted by molar-refractivity contribution is 5.80. The van der Waals surface area contributed by atoms with Crippen LogP contribution in [-0.2, 0) is 13.1 Å². The van der Waals surface area contributed by atoms with Crippen LogP contribution in [0.3, 0.4) is 0 Å². The Hall–Kier alpha value is -2.34. The number of nitrogens with one attached hydrogen (secondary N) is 1. The lowest BCUT2D eigenvalue weighted by Gasteiger charge is -2.36. The summed E-state index contributed by atoms with van der Waals surface area (Å²) in [7, 11) is 0. The Morgan fingerprint density at radius 2 is 1.93 bits per heavy atom. The van der Waals surface area contributed by atoms with E-state index in [1.54, 1.807) is 0 Å². The number of piperazine rings is 1. The van der Waals surface area contributed by atoms with Crippen molar-refractivity contribution in [3.05, 3.63) is 53.4 Å². The quantitative estimate of drug-likeness (QED) is 0.626. The van der Waals surface area contributed by atoms with Crippen molar-refractivity contribution in [2.45, 2.75) is 39.8 Å². The van der Waals surface area contributed by atoms with Crippen molar-refractivity contribution in [2.75, 3.05) is 32.7 Å². The van der Waals surface area contributed by atoms with Crippen LogP contribution in [0, 0.1) is 0 Å². The molecule has 1 aliphatic rings. The molecule has 6 heteroatoms. The van der Waals surface area contributed by atoms with E-state index in [0.29, 0.717) is 12.5 Å². The van der Waals surface area contributed by atoms with Crippen LogP contribution in [0.25, 0.3) is 0 Å². The maximum absolute atomic E-state index is 5.41. The standard InChI is InChI=1S/C21H31N5O/c1-4-22-21(23-15-19-14-20(17(2)3)24-27-19)26-12-10-25(11-13-26)16-18-8-6-5-7-9-18/h5-9,14,17H,4,10-13,15-16H2,1-3H3,(H,22,23). The number of guanidine groups is 1. The summed E-state index contributed by atoms with van der Waals surface area (Å²) in [4.78, 5) is 9.61. The number of rotatable bonds is 6. The van der Waals surface area contributed by atoms with Crippen LogP contribution >= 0.6 is 0 Å². The fraction of sp³-hybridized carbons (Fsp3) is 0.524. The van der Waals surface area contributed by atoms with Gasteiger partial charge in [-0.25, -0.2) is 4.99 Å². The van der Waals surface area contributed by atoms with Crippen molar-refractivity contribution in [1.29, 1.82) is 0 Å². The number of aromatic nitrogens is 1. The molecular weight excluding hydrogens is 338 g/mol. The Bertz CT molecular complexity index is 717. The molecule has 1 aliphatic heterocycles. The highest BCUT2D eigenvalue weighted by atomic mass is 16.5. The smallest absolute Gasteiger partial charge is 0.194 e. The summed E-state index contributed by atoms with van der Waals surface area (Å²) in [5, 5.41) is 7.53. The topological polar surface area (TPSA) is 56.9 Å². The van der Waals surface area contributed by atoms with E-state index in [9.17, 15) is 0 Å². The Morgan fingerprint density at radius 3 is 2.56 bits per heavy atom. The lowest BCUT2D eigenvalue weighted by Crippen LogP contribution is -2.52. The minimum absolute atomic E-state index is 0.373. The van der Waals surface area contributed by atoms with Crippen LogP contribution in [-0.4, -0.2) is 53.6 Å². The van der Waals surface area contributed by atoms with Gasteiger partial charge in [0.1, 0.15) is 6.54 Å². The lowest BCUT2D eigenvalue weighted by molar-refractivity contribution is 0.172. The molecule has 2 aromatic rings. The van der Waals surface area contributed by atoms with E-state index in [4.69, 9.17) is 9.52 Å². The third-order valence-electron chi connectivity index (χ3n) is 4.81. The van der Waals surface area contributed by atoms with Crippen LogP contribution in [0.5, 0.6) is 0 Å². The maximum Gasteiger partial charge on any atom is 0.194 e. The molecule has 0 radical (unpaired) electrons. The van der Waals surface area contributed by atoms with Crippen molar-refractivity contribution in [3.8, 4) is 0 Å². The molecule has 0 amide bonds. The van der Waals surface area contributed by atoms with Gasteiger partial charge >= 0.3 is 0 Å². The minimum atomic E-state index is 0.373. The summed E-state index contributed by atoms with van der Waals surface area (Å²) in [6, 6.07) is 12.7. The van der Waals surface area contributed by atoms with E-state index < -0.39 is 0 Å². The molecule has 3 rings (SSSR count). The van der Waals surface area contributed by atoms with Gasteiger partial charge in [-0.3, -0.25) is 4.90 Å². The van der Waals surface area contributed by atoms with Gasteiger partial charge in [0, 0.05) is 45.3 Å². The van der Waals surface area contributed by atoms with E-state index in [-0.39, 0.29) is 0 Å². The SMILES string of the molecule is CCNC(=NCc1cc(C(C)C)no1)N1CCN(Cc2ccccc2)CC1. The van der Waals surface area contributed by atoms with Crippen molar-refractivity contribution < 1.29 is 4.52 Å². The molecule has 1 saturated heterocycles. The summed E-state index contributed by atoms with van der Waals surface area (Å²) in [6.45, 7) is 12.8. The molecule has 27 heavy (non-hydrogen) atoms. The van der Waals surface area contributed by atoms with Gasteiger partial charge in [-0.15, -0.1) is 0 Å². The molecule has 0 spiro atoms. The van der Waals surface area contributed by atoms with Crippen molar-refractivity contribution >= 4 is 5.96 Å². The van der Waals surface area contributed by atoms with Crippen LogP contribution in [0.4, 0.5) is 0 Å². The second-order valence-electron chi connectivity index (χ2n) is 7.29. The first-order valence-electron chi connectivity index (χ1n) is 9.90. The predicted molar refractivity (Wildman–Crippen MR) is 109 cm³/mol. The lowest BCUT2D eigenvalue weighted by atomic mass is 10.1. The summed E-state index contributed by atoms with van der Waals surface area (Å²) in [5.74, 6) is 2.15. The Balaban J connectivity index is 1.55. The first kappa shape index (κ1) is 19.4. The van der Waals surface area contributed by atoms with Crippen molar-refractivity contribution in [3.63, 3.8) is 0 Å². The molecule has 2 heterocycles. The zero-order valence-corrected chi connectivity index (χ0v) is 16.7. The molecule has 1 N–H and O–H groups in total. The van der Waals surface area contributed by atoms with E-state index in [1.807, 2.05) is 6.07 Å². The highest BCUT2D eigenvalue weighted by Gasteiger charge is 2.19. The third kappa shape index (κ3) is 5.57. The Morgan fingerprint density at radius 1 is 1.19 bits per heavy atom.